The molecule has 7 nitrogen and oxygen atoms in total. The number of halogens is 1. The fourth-order valence-corrected chi connectivity index (χ4v) is 5.93. The van der Waals surface area contributed by atoms with Crippen LogP contribution in [0.3, 0.4) is 0 Å². The lowest BCUT2D eigenvalue weighted by Gasteiger charge is -2.32. The highest BCUT2D eigenvalue weighted by Crippen LogP contribution is 2.29. The van der Waals surface area contributed by atoms with Gasteiger partial charge >= 0.3 is 0 Å². The van der Waals surface area contributed by atoms with Gasteiger partial charge in [-0.15, -0.1) is 0 Å². The zero-order valence-corrected chi connectivity index (χ0v) is 25.3. The highest BCUT2D eigenvalue weighted by molar-refractivity contribution is 7.92. The number of hydrogen-bond donors (Lipinski definition) is 1. The third-order valence-corrected chi connectivity index (χ3v) is 8.96. The summed E-state index contributed by atoms with van der Waals surface area (Å²) < 4.78 is 29.2. The van der Waals surface area contributed by atoms with Gasteiger partial charge in [-0.05, 0) is 75.1 Å². The van der Waals surface area contributed by atoms with E-state index in [9.17, 15) is 18.0 Å². The maximum absolute atomic E-state index is 14.0. The molecule has 3 aromatic rings. The van der Waals surface area contributed by atoms with Gasteiger partial charge in [0.05, 0.1) is 10.6 Å². The van der Waals surface area contributed by atoms with E-state index < -0.39 is 28.5 Å². The molecule has 0 saturated heterocycles. The van der Waals surface area contributed by atoms with Crippen molar-refractivity contribution in [2.75, 3.05) is 17.4 Å². The van der Waals surface area contributed by atoms with E-state index in [1.54, 1.807) is 61.5 Å². The summed E-state index contributed by atoms with van der Waals surface area (Å²) in [6.07, 6.45) is 1.73. The van der Waals surface area contributed by atoms with Crippen LogP contribution in [-0.2, 0) is 26.2 Å². The van der Waals surface area contributed by atoms with E-state index in [0.717, 1.165) is 28.3 Å². The van der Waals surface area contributed by atoms with Crippen LogP contribution in [0.5, 0.6) is 0 Å². The number of aryl methyl sites for hydroxylation is 3. The lowest BCUT2D eigenvalue weighted by atomic mass is 10.1. The zero-order chi connectivity index (χ0) is 29.4. The highest BCUT2D eigenvalue weighted by Gasteiger charge is 2.33. The third kappa shape index (κ3) is 7.64. The topological polar surface area (TPSA) is 86.8 Å². The number of sulfonamides is 1. The van der Waals surface area contributed by atoms with Crippen molar-refractivity contribution in [2.24, 2.45) is 0 Å². The highest BCUT2D eigenvalue weighted by atomic mass is 35.5. The number of unbranched alkanes of at least 4 members (excludes halogenated alkanes) is 1. The largest absolute Gasteiger partial charge is 0.354 e. The lowest BCUT2D eigenvalue weighted by molar-refractivity contribution is -0.139. The van der Waals surface area contributed by atoms with Crippen molar-refractivity contribution >= 4 is 39.1 Å². The van der Waals surface area contributed by atoms with E-state index in [0.29, 0.717) is 28.4 Å². The van der Waals surface area contributed by atoms with E-state index in [1.165, 1.54) is 4.90 Å². The molecule has 0 aromatic heterocycles. The summed E-state index contributed by atoms with van der Waals surface area (Å²) in [5.41, 5.74) is 3.55. The molecule has 0 radical (unpaired) electrons. The number of hydrogen-bond acceptors (Lipinski definition) is 4. The standard InChI is InChI=1S/C31H38ClN3O4S/c1-6-7-18-33-31(37)25(5)34(20-26-10-8-9-11-28(26)32)30(36)21-35(29-19-23(3)12-15-24(29)4)40(38,39)27-16-13-22(2)14-17-27/h8-17,19,25H,6-7,18,20-21H2,1-5H3,(H,33,37)/t25-/m1/s1. The second kappa shape index (κ2) is 13.8. The second-order valence-corrected chi connectivity index (χ2v) is 12.3. The van der Waals surface area contributed by atoms with Crippen molar-refractivity contribution in [3.8, 4) is 0 Å². The normalized spacial score (nSPS) is 12.1. The molecule has 0 aliphatic heterocycles. The first-order chi connectivity index (χ1) is 18.9. The van der Waals surface area contributed by atoms with Crippen LogP contribution in [0.1, 0.15) is 48.9 Å². The van der Waals surface area contributed by atoms with E-state index >= 15 is 0 Å². The molecule has 214 valence electrons. The Bertz CT molecular complexity index is 1440. The number of rotatable bonds is 12. The molecule has 0 unspecified atom stereocenters. The third-order valence-electron chi connectivity index (χ3n) is 6.82. The molecule has 2 amide bonds. The van der Waals surface area contributed by atoms with Crippen LogP contribution in [0.2, 0.25) is 5.02 Å². The molecule has 0 spiro atoms. The number of nitrogens with one attached hydrogen (secondary N) is 1. The van der Waals surface area contributed by atoms with Crippen LogP contribution in [0, 0.1) is 20.8 Å². The summed E-state index contributed by atoms with van der Waals surface area (Å²) in [6.45, 7) is 9.28. The average molecular weight is 584 g/mol. The molecule has 0 bridgehead atoms. The minimum Gasteiger partial charge on any atom is -0.354 e. The van der Waals surface area contributed by atoms with Crippen molar-refractivity contribution < 1.29 is 18.0 Å². The summed E-state index contributed by atoms with van der Waals surface area (Å²) >= 11 is 6.42. The van der Waals surface area contributed by atoms with Gasteiger partial charge in [0, 0.05) is 18.1 Å². The van der Waals surface area contributed by atoms with Crippen molar-refractivity contribution in [3.05, 3.63) is 94.0 Å². The van der Waals surface area contributed by atoms with Gasteiger partial charge < -0.3 is 10.2 Å². The van der Waals surface area contributed by atoms with Gasteiger partial charge in [-0.1, -0.05) is 73.0 Å². The number of nitrogens with zero attached hydrogens (tertiary/aromatic N) is 2. The van der Waals surface area contributed by atoms with Gasteiger partial charge in [0.25, 0.3) is 10.0 Å². The Labute approximate surface area is 243 Å². The molecule has 0 heterocycles. The minimum absolute atomic E-state index is 0.0477. The Morgan fingerprint density at radius 1 is 0.950 bits per heavy atom. The molecule has 40 heavy (non-hydrogen) atoms. The molecule has 9 heteroatoms. The van der Waals surface area contributed by atoms with Crippen molar-refractivity contribution in [2.45, 2.75) is 64.9 Å². The molecule has 3 aromatic carbocycles. The molecular formula is C31H38ClN3O4S. The van der Waals surface area contributed by atoms with Crippen LogP contribution < -0.4 is 9.62 Å². The second-order valence-electron chi connectivity index (χ2n) is 10.0. The quantitative estimate of drug-likeness (QED) is 0.273. The van der Waals surface area contributed by atoms with Crippen molar-refractivity contribution in [1.29, 1.82) is 0 Å². The maximum atomic E-state index is 14.0. The first-order valence-corrected chi connectivity index (χ1v) is 15.2. The fraction of sp³-hybridized carbons (Fsp3) is 0.355. The predicted octanol–water partition coefficient (Wildman–Crippen LogP) is 5.79. The monoisotopic (exact) mass is 583 g/mol. The first kappa shape index (κ1) is 31.2. The van der Waals surface area contributed by atoms with Gasteiger partial charge in [0.2, 0.25) is 11.8 Å². The Morgan fingerprint density at radius 3 is 2.25 bits per heavy atom. The van der Waals surface area contributed by atoms with E-state index in [2.05, 4.69) is 5.32 Å². The minimum atomic E-state index is -4.12. The number of carbonyl (C=O) groups is 2. The SMILES string of the molecule is CCCCNC(=O)[C@@H](C)N(Cc1ccccc1Cl)C(=O)CN(c1cc(C)ccc1C)S(=O)(=O)c1ccc(C)cc1. The van der Waals surface area contributed by atoms with E-state index in [4.69, 9.17) is 11.6 Å². The van der Waals surface area contributed by atoms with Crippen LogP contribution in [0.15, 0.2) is 71.6 Å². The van der Waals surface area contributed by atoms with E-state index in [1.807, 2.05) is 39.8 Å². The van der Waals surface area contributed by atoms with Gasteiger partial charge in [-0.2, -0.15) is 0 Å². The molecule has 0 aliphatic rings. The van der Waals surface area contributed by atoms with Gasteiger partial charge in [0.15, 0.2) is 0 Å². The van der Waals surface area contributed by atoms with Crippen LogP contribution >= 0.6 is 11.6 Å². The van der Waals surface area contributed by atoms with Gasteiger partial charge in [-0.25, -0.2) is 8.42 Å². The molecule has 1 atom stereocenters. The molecular weight excluding hydrogens is 546 g/mol. The molecule has 0 saturated carbocycles. The van der Waals surface area contributed by atoms with E-state index in [-0.39, 0.29) is 17.3 Å². The van der Waals surface area contributed by atoms with Crippen molar-refractivity contribution in [1.82, 2.24) is 10.2 Å². The van der Waals surface area contributed by atoms with Gasteiger partial charge in [-0.3, -0.25) is 13.9 Å². The van der Waals surface area contributed by atoms with Crippen molar-refractivity contribution in [3.63, 3.8) is 0 Å². The molecule has 1 N–H and O–H groups in total. The Balaban J connectivity index is 2.05. The van der Waals surface area contributed by atoms with Crippen LogP contribution in [-0.4, -0.2) is 44.3 Å². The average Bonchev–Trinajstić information content (AvgIpc) is 2.92. The number of benzene rings is 3. The predicted molar refractivity (Wildman–Crippen MR) is 161 cm³/mol. The number of carbonyl (C=O) groups excluding carboxylic acids is 2. The summed E-state index contributed by atoms with van der Waals surface area (Å²) in [5, 5.41) is 3.34. The number of anilines is 1. The van der Waals surface area contributed by atoms with Crippen LogP contribution in [0.25, 0.3) is 0 Å². The zero-order valence-electron chi connectivity index (χ0n) is 23.8. The molecule has 0 aliphatic carbocycles. The molecule has 3 rings (SSSR count). The smallest absolute Gasteiger partial charge is 0.264 e. The Morgan fingerprint density at radius 2 is 1.60 bits per heavy atom. The first-order valence-electron chi connectivity index (χ1n) is 13.4. The Kier molecular flexibility index (Phi) is 10.8. The lowest BCUT2D eigenvalue weighted by Crippen LogP contribution is -2.51. The summed E-state index contributed by atoms with van der Waals surface area (Å²) in [6, 6.07) is 18.3. The van der Waals surface area contributed by atoms with Gasteiger partial charge in [0.1, 0.15) is 12.6 Å². The number of amides is 2. The fourth-order valence-electron chi connectivity index (χ4n) is 4.27. The molecule has 0 fully saturated rings. The summed E-state index contributed by atoms with van der Waals surface area (Å²) in [7, 11) is -4.12. The Hall–Kier alpha value is -3.36. The summed E-state index contributed by atoms with van der Waals surface area (Å²) in [5.74, 6) is -0.830. The maximum Gasteiger partial charge on any atom is 0.264 e. The summed E-state index contributed by atoms with van der Waals surface area (Å²) in [4.78, 5) is 28.6. The van der Waals surface area contributed by atoms with Crippen LogP contribution in [0.4, 0.5) is 5.69 Å².